The van der Waals surface area contributed by atoms with Crippen molar-refractivity contribution in [1.82, 2.24) is 29.8 Å². The van der Waals surface area contributed by atoms with Crippen LogP contribution >= 0.6 is 0 Å². The molecule has 142 valence electrons. The Morgan fingerprint density at radius 2 is 1.93 bits per heavy atom. The van der Waals surface area contributed by atoms with Crippen molar-refractivity contribution in [3.63, 3.8) is 0 Å². The molecule has 0 aliphatic heterocycles. The van der Waals surface area contributed by atoms with Crippen molar-refractivity contribution >= 4 is 28.0 Å². The Hall–Kier alpha value is -3.75. The van der Waals surface area contributed by atoms with Crippen LogP contribution in [0.1, 0.15) is 34.8 Å². The molecule has 4 aromatic rings. The minimum Gasteiger partial charge on any atom is -0.342 e. The molecule has 3 aromatic heterocycles. The number of hydrogen-bond donors (Lipinski definition) is 3. The predicted octanol–water partition coefficient (Wildman–Crippen LogP) is 1.30. The van der Waals surface area contributed by atoms with Gasteiger partial charge in [-0.3, -0.25) is 19.1 Å². The molecule has 0 aliphatic rings. The van der Waals surface area contributed by atoms with Gasteiger partial charge in [0.15, 0.2) is 0 Å². The van der Waals surface area contributed by atoms with E-state index < -0.39 is 23.2 Å². The summed E-state index contributed by atoms with van der Waals surface area (Å²) in [6.45, 7) is 3.50. The summed E-state index contributed by atoms with van der Waals surface area (Å²) in [5, 5.41) is 2.92. The molecule has 3 N–H and O–H groups in total. The molecule has 0 bridgehead atoms. The number of amides is 1. The molecule has 0 saturated carbocycles. The number of fused-ring (bicyclic) bond motifs is 2. The van der Waals surface area contributed by atoms with Crippen LogP contribution in [0.25, 0.3) is 22.1 Å². The first-order valence-electron chi connectivity index (χ1n) is 8.71. The van der Waals surface area contributed by atoms with Crippen molar-refractivity contribution in [2.24, 2.45) is 7.05 Å². The van der Waals surface area contributed by atoms with Gasteiger partial charge in [-0.05, 0) is 32.0 Å². The number of hydrogen-bond acceptors (Lipinski definition) is 5. The molecule has 0 fully saturated rings. The van der Waals surface area contributed by atoms with E-state index in [2.05, 4.69) is 25.3 Å². The lowest BCUT2D eigenvalue weighted by Gasteiger charge is -2.13. The van der Waals surface area contributed by atoms with Gasteiger partial charge in [-0.25, -0.2) is 14.8 Å². The van der Waals surface area contributed by atoms with Crippen LogP contribution in [0.3, 0.4) is 0 Å². The first-order chi connectivity index (χ1) is 13.3. The third-order valence-electron chi connectivity index (χ3n) is 4.61. The Morgan fingerprint density at radius 1 is 1.18 bits per heavy atom. The molecule has 0 aliphatic carbocycles. The summed E-state index contributed by atoms with van der Waals surface area (Å²) < 4.78 is 1.21. The highest BCUT2D eigenvalue weighted by Gasteiger charge is 2.20. The highest BCUT2D eigenvalue weighted by Crippen LogP contribution is 2.18. The fraction of sp³-hybridized carbons (Fsp3) is 0.211. The maximum Gasteiger partial charge on any atom is 0.329 e. The summed E-state index contributed by atoms with van der Waals surface area (Å²) in [4.78, 5) is 51.3. The Bertz CT molecular complexity index is 1310. The number of carbonyl (C=O) groups excluding carboxylic acids is 1. The maximum atomic E-state index is 12.9. The number of pyridine rings is 1. The van der Waals surface area contributed by atoms with E-state index in [1.807, 2.05) is 24.3 Å². The Balaban J connectivity index is 1.75. The topological polar surface area (TPSA) is 126 Å². The molecule has 1 amide bonds. The number of H-pyrrole nitrogens is 2. The molecule has 1 aromatic carbocycles. The number of imidazole rings is 1. The molecule has 4 rings (SSSR count). The van der Waals surface area contributed by atoms with Gasteiger partial charge in [0.1, 0.15) is 11.5 Å². The van der Waals surface area contributed by atoms with E-state index in [-0.39, 0.29) is 16.6 Å². The average Bonchev–Trinajstić information content (AvgIpc) is 3.09. The van der Waals surface area contributed by atoms with Crippen LogP contribution < -0.4 is 16.6 Å². The minimum atomic E-state index is -0.646. The van der Waals surface area contributed by atoms with Gasteiger partial charge in [0.2, 0.25) is 0 Å². The van der Waals surface area contributed by atoms with Crippen LogP contribution in [0.15, 0.2) is 39.9 Å². The second kappa shape index (κ2) is 6.45. The number of para-hydroxylation sites is 2. The fourth-order valence-electron chi connectivity index (χ4n) is 3.16. The highest BCUT2D eigenvalue weighted by molar-refractivity contribution is 6.05. The molecule has 9 nitrogen and oxygen atoms in total. The number of nitrogens with zero attached hydrogens (tertiary/aromatic N) is 3. The lowest BCUT2D eigenvalue weighted by Crippen LogP contribution is -2.33. The first kappa shape index (κ1) is 17.7. The predicted molar refractivity (Wildman–Crippen MR) is 104 cm³/mol. The van der Waals surface area contributed by atoms with Crippen LogP contribution in [0.5, 0.6) is 0 Å². The lowest BCUT2D eigenvalue weighted by molar-refractivity contribution is 0.0940. The van der Waals surface area contributed by atoms with Crippen molar-refractivity contribution in [1.29, 1.82) is 0 Å². The smallest absolute Gasteiger partial charge is 0.329 e. The zero-order chi connectivity index (χ0) is 20.0. The van der Waals surface area contributed by atoms with E-state index in [0.29, 0.717) is 11.5 Å². The van der Waals surface area contributed by atoms with Gasteiger partial charge in [0, 0.05) is 12.7 Å². The summed E-state index contributed by atoms with van der Waals surface area (Å²) in [6.07, 6.45) is 0. The molecule has 0 radical (unpaired) electrons. The minimum absolute atomic E-state index is 0.0713. The molecule has 0 saturated heterocycles. The Morgan fingerprint density at radius 3 is 2.68 bits per heavy atom. The van der Waals surface area contributed by atoms with Gasteiger partial charge < -0.3 is 10.3 Å². The van der Waals surface area contributed by atoms with E-state index in [0.717, 1.165) is 11.0 Å². The SMILES string of the molecule is Cc1cc(C(=O)N[C@@H](C)c2nc3ccccc3[nH]2)c2c(=O)[nH]c(=O)n(C)c2n1. The number of nitrogens with one attached hydrogen (secondary N) is 3. The zero-order valence-electron chi connectivity index (χ0n) is 15.5. The largest absolute Gasteiger partial charge is 0.342 e. The van der Waals surface area contributed by atoms with Crippen LogP contribution in [-0.2, 0) is 7.05 Å². The summed E-state index contributed by atoms with van der Waals surface area (Å²) >= 11 is 0. The molecular formula is C19H18N6O3. The quantitative estimate of drug-likeness (QED) is 0.495. The average molecular weight is 378 g/mol. The summed E-state index contributed by atoms with van der Waals surface area (Å²) in [5.41, 5.74) is 1.28. The summed E-state index contributed by atoms with van der Waals surface area (Å²) in [5.74, 6) is 0.151. The van der Waals surface area contributed by atoms with Crippen molar-refractivity contribution in [2.45, 2.75) is 19.9 Å². The van der Waals surface area contributed by atoms with Gasteiger partial charge in [0.05, 0.1) is 28.0 Å². The molecule has 3 heterocycles. The number of rotatable bonds is 3. The highest BCUT2D eigenvalue weighted by atomic mass is 16.2. The van der Waals surface area contributed by atoms with Crippen LogP contribution in [0.4, 0.5) is 0 Å². The van der Waals surface area contributed by atoms with E-state index in [4.69, 9.17) is 0 Å². The molecule has 0 unspecified atom stereocenters. The summed E-state index contributed by atoms with van der Waals surface area (Å²) in [6, 6.07) is 8.68. The second-order valence-electron chi connectivity index (χ2n) is 6.66. The van der Waals surface area contributed by atoms with Gasteiger partial charge >= 0.3 is 5.69 Å². The standard InChI is InChI=1S/C19H18N6O3/c1-9-8-11(14-16(20-9)25(3)19(28)24-18(14)27)17(26)21-10(2)15-22-12-6-4-5-7-13(12)23-15/h4-8,10H,1-3H3,(H,21,26)(H,22,23)(H,24,27,28)/t10-/m0/s1. The summed E-state index contributed by atoms with van der Waals surface area (Å²) in [7, 11) is 1.49. The number of aromatic amines is 2. The maximum absolute atomic E-state index is 12.9. The number of aromatic nitrogens is 5. The van der Waals surface area contributed by atoms with Gasteiger partial charge in [-0.2, -0.15) is 0 Å². The van der Waals surface area contributed by atoms with Gasteiger partial charge in [-0.15, -0.1) is 0 Å². The van der Waals surface area contributed by atoms with Crippen LogP contribution in [0.2, 0.25) is 0 Å². The Labute approximate surface area is 158 Å². The van der Waals surface area contributed by atoms with Crippen molar-refractivity contribution in [3.8, 4) is 0 Å². The zero-order valence-corrected chi connectivity index (χ0v) is 15.5. The second-order valence-corrected chi connectivity index (χ2v) is 6.66. The van der Waals surface area contributed by atoms with E-state index >= 15 is 0 Å². The van der Waals surface area contributed by atoms with Crippen molar-refractivity contribution in [3.05, 3.63) is 68.3 Å². The number of carbonyl (C=O) groups is 1. The Kier molecular flexibility index (Phi) is 4.07. The van der Waals surface area contributed by atoms with Crippen molar-refractivity contribution < 1.29 is 4.79 Å². The van der Waals surface area contributed by atoms with Gasteiger partial charge in [-0.1, -0.05) is 12.1 Å². The van der Waals surface area contributed by atoms with E-state index in [9.17, 15) is 14.4 Å². The van der Waals surface area contributed by atoms with E-state index in [1.165, 1.54) is 17.7 Å². The molecule has 9 heteroatoms. The molecule has 1 atom stereocenters. The number of benzene rings is 1. The fourth-order valence-corrected chi connectivity index (χ4v) is 3.16. The third kappa shape index (κ3) is 2.86. The van der Waals surface area contributed by atoms with Crippen LogP contribution in [0, 0.1) is 6.92 Å². The molecule has 0 spiro atoms. The van der Waals surface area contributed by atoms with E-state index in [1.54, 1.807) is 13.8 Å². The molecule has 28 heavy (non-hydrogen) atoms. The number of aryl methyl sites for hydroxylation is 2. The van der Waals surface area contributed by atoms with Crippen molar-refractivity contribution in [2.75, 3.05) is 0 Å². The monoisotopic (exact) mass is 378 g/mol. The van der Waals surface area contributed by atoms with Crippen LogP contribution in [-0.4, -0.2) is 30.4 Å². The van der Waals surface area contributed by atoms with Gasteiger partial charge in [0.25, 0.3) is 11.5 Å². The molecular weight excluding hydrogens is 360 g/mol. The first-order valence-corrected chi connectivity index (χ1v) is 8.71. The lowest BCUT2D eigenvalue weighted by atomic mass is 10.1. The normalized spacial score (nSPS) is 12.4. The third-order valence-corrected chi connectivity index (χ3v) is 4.61.